The molecule has 0 N–H and O–H groups in total. The standard InChI is InChI=1S/C11H19N5O/c12-14-13-10-4-6-15(9-10)7-8-16-5-2-1-3-11(16)17/h10H,1-9H2. The minimum Gasteiger partial charge on any atom is -0.341 e. The van der Waals surface area contributed by atoms with Gasteiger partial charge in [-0.05, 0) is 31.3 Å². The summed E-state index contributed by atoms with van der Waals surface area (Å²) in [6.07, 6.45) is 3.82. The minimum atomic E-state index is 0.122. The Balaban J connectivity index is 1.71. The Labute approximate surface area is 101 Å². The molecule has 2 rings (SSSR count). The fraction of sp³-hybridized carbons (Fsp3) is 0.909. The Kier molecular flexibility index (Phi) is 4.23. The second-order valence-electron chi connectivity index (χ2n) is 4.79. The first-order valence-electron chi connectivity index (χ1n) is 6.34. The van der Waals surface area contributed by atoms with Crippen molar-refractivity contribution in [2.24, 2.45) is 5.11 Å². The van der Waals surface area contributed by atoms with Crippen LogP contribution in [-0.2, 0) is 4.79 Å². The monoisotopic (exact) mass is 237 g/mol. The second-order valence-corrected chi connectivity index (χ2v) is 4.79. The fourth-order valence-electron chi connectivity index (χ4n) is 2.54. The number of carbonyl (C=O) groups is 1. The summed E-state index contributed by atoms with van der Waals surface area (Å²) >= 11 is 0. The van der Waals surface area contributed by atoms with Crippen LogP contribution >= 0.6 is 0 Å². The van der Waals surface area contributed by atoms with Gasteiger partial charge in [0.1, 0.15) is 0 Å². The first-order chi connectivity index (χ1) is 8.29. The van der Waals surface area contributed by atoms with Gasteiger partial charge >= 0.3 is 0 Å². The maximum atomic E-state index is 11.6. The van der Waals surface area contributed by atoms with Gasteiger partial charge in [0.25, 0.3) is 0 Å². The molecule has 0 saturated carbocycles. The summed E-state index contributed by atoms with van der Waals surface area (Å²) in [4.78, 5) is 18.7. The summed E-state index contributed by atoms with van der Waals surface area (Å²) in [5, 5.41) is 3.74. The van der Waals surface area contributed by atoms with Gasteiger partial charge in [-0.1, -0.05) is 5.11 Å². The lowest BCUT2D eigenvalue weighted by atomic mass is 10.1. The van der Waals surface area contributed by atoms with Crippen LogP contribution in [0.3, 0.4) is 0 Å². The van der Waals surface area contributed by atoms with Crippen molar-refractivity contribution in [2.45, 2.75) is 31.7 Å². The van der Waals surface area contributed by atoms with Crippen molar-refractivity contribution in [2.75, 3.05) is 32.7 Å². The first kappa shape index (κ1) is 12.2. The van der Waals surface area contributed by atoms with E-state index in [2.05, 4.69) is 14.9 Å². The highest BCUT2D eigenvalue weighted by Gasteiger charge is 2.23. The van der Waals surface area contributed by atoms with Crippen molar-refractivity contribution >= 4 is 5.91 Å². The molecule has 2 saturated heterocycles. The van der Waals surface area contributed by atoms with Crippen molar-refractivity contribution in [3.05, 3.63) is 10.4 Å². The molecule has 6 nitrogen and oxygen atoms in total. The lowest BCUT2D eigenvalue weighted by Crippen LogP contribution is -2.40. The van der Waals surface area contributed by atoms with E-state index < -0.39 is 0 Å². The SMILES string of the molecule is [N-]=[N+]=NC1CCN(CCN2CCCCC2=O)C1. The molecular weight excluding hydrogens is 218 g/mol. The van der Waals surface area contributed by atoms with Gasteiger partial charge in [0.05, 0.1) is 6.04 Å². The molecule has 0 bridgehead atoms. The third-order valence-electron chi connectivity index (χ3n) is 3.57. The van der Waals surface area contributed by atoms with Gasteiger partial charge in [0, 0.05) is 37.5 Å². The number of carbonyl (C=O) groups excluding carboxylic acids is 1. The van der Waals surface area contributed by atoms with E-state index >= 15 is 0 Å². The maximum Gasteiger partial charge on any atom is 0.222 e. The third-order valence-corrected chi connectivity index (χ3v) is 3.57. The highest BCUT2D eigenvalue weighted by Crippen LogP contribution is 2.14. The highest BCUT2D eigenvalue weighted by atomic mass is 16.2. The van der Waals surface area contributed by atoms with Crippen molar-refractivity contribution < 1.29 is 4.79 Å². The Morgan fingerprint density at radius 1 is 1.35 bits per heavy atom. The predicted octanol–water partition coefficient (Wildman–Crippen LogP) is 1.38. The van der Waals surface area contributed by atoms with Crippen molar-refractivity contribution in [1.82, 2.24) is 9.80 Å². The molecule has 1 atom stereocenters. The largest absolute Gasteiger partial charge is 0.341 e. The number of hydrogen-bond donors (Lipinski definition) is 0. The number of amides is 1. The van der Waals surface area contributed by atoms with Crippen molar-refractivity contribution in [3.8, 4) is 0 Å². The number of rotatable bonds is 4. The second kappa shape index (κ2) is 5.89. The van der Waals surface area contributed by atoms with Gasteiger partial charge in [-0.3, -0.25) is 4.79 Å². The van der Waals surface area contributed by atoms with Gasteiger partial charge in [0.2, 0.25) is 5.91 Å². The Bertz CT molecular complexity index is 326. The van der Waals surface area contributed by atoms with E-state index in [0.717, 1.165) is 52.0 Å². The smallest absolute Gasteiger partial charge is 0.222 e. The van der Waals surface area contributed by atoms with E-state index in [1.54, 1.807) is 0 Å². The zero-order valence-corrected chi connectivity index (χ0v) is 10.1. The average molecular weight is 237 g/mol. The summed E-state index contributed by atoms with van der Waals surface area (Å²) in [6.45, 7) is 4.45. The molecule has 0 aromatic heterocycles. The zero-order valence-electron chi connectivity index (χ0n) is 10.1. The van der Waals surface area contributed by atoms with Crippen LogP contribution in [0.1, 0.15) is 25.7 Å². The number of azide groups is 1. The molecule has 1 amide bonds. The molecule has 2 aliphatic rings. The van der Waals surface area contributed by atoms with E-state index in [9.17, 15) is 4.79 Å². The Hall–Kier alpha value is -1.26. The molecule has 94 valence electrons. The first-order valence-corrected chi connectivity index (χ1v) is 6.34. The van der Waals surface area contributed by atoms with Crippen LogP contribution in [0.15, 0.2) is 5.11 Å². The molecule has 2 aliphatic heterocycles. The van der Waals surface area contributed by atoms with Gasteiger partial charge in [-0.2, -0.15) is 0 Å². The van der Waals surface area contributed by atoms with Gasteiger partial charge in [-0.25, -0.2) is 0 Å². The van der Waals surface area contributed by atoms with E-state index in [4.69, 9.17) is 5.53 Å². The van der Waals surface area contributed by atoms with E-state index in [-0.39, 0.29) is 6.04 Å². The summed E-state index contributed by atoms with van der Waals surface area (Å²) in [7, 11) is 0. The molecule has 17 heavy (non-hydrogen) atoms. The predicted molar refractivity (Wildman–Crippen MR) is 64.4 cm³/mol. The summed E-state index contributed by atoms with van der Waals surface area (Å²) in [5.74, 6) is 0.294. The third kappa shape index (κ3) is 3.35. The van der Waals surface area contributed by atoms with Crippen LogP contribution in [0.5, 0.6) is 0 Å². The van der Waals surface area contributed by atoms with Crippen LogP contribution in [0.2, 0.25) is 0 Å². The topological polar surface area (TPSA) is 72.3 Å². The van der Waals surface area contributed by atoms with Gasteiger partial charge < -0.3 is 9.80 Å². The van der Waals surface area contributed by atoms with Gasteiger partial charge in [-0.15, -0.1) is 0 Å². The van der Waals surface area contributed by atoms with E-state index in [0.29, 0.717) is 12.3 Å². The van der Waals surface area contributed by atoms with Crippen LogP contribution in [0.25, 0.3) is 10.4 Å². The van der Waals surface area contributed by atoms with Crippen LogP contribution < -0.4 is 0 Å². The Morgan fingerprint density at radius 2 is 2.24 bits per heavy atom. The lowest BCUT2D eigenvalue weighted by molar-refractivity contribution is -0.133. The van der Waals surface area contributed by atoms with Crippen molar-refractivity contribution in [3.63, 3.8) is 0 Å². The molecule has 2 fully saturated rings. The molecule has 2 heterocycles. The minimum absolute atomic E-state index is 0.122. The molecule has 0 spiro atoms. The zero-order chi connectivity index (χ0) is 12.1. The highest BCUT2D eigenvalue weighted by molar-refractivity contribution is 5.76. The van der Waals surface area contributed by atoms with Crippen LogP contribution in [-0.4, -0.2) is 54.5 Å². The molecule has 6 heteroatoms. The number of hydrogen-bond acceptors (Lipinski definition) is 3. The molecular formula is C11H19N5O. The molecule has 1 unspecified atom stereocenters. The molecule has 0 aromatic rings. The van der Waals surface area contributed by atoms with E-state index in [1.165, 1.54) is 0 Å². The summed E-state index contributed by atoms with van der Waals surface area (Å²) in [5.41, 5.74) is 8.37. The quantitative estimate of drug-likeness (QED) is 0.421. The average Bonchev–Trinajstić information content (AvgIpc) is 2.76. The summed E-state index contributed by atoms with van der Waals surface area (Å²) < 4.78 is 0. The number of likely N-dealkylation sites (tertiary alicyclic amines) is 2. The van der Waals surface area contributed by atoms with Crippen LogP contribution in [0, 0.1) is 0 Å². The number of piperidine rings is 1. The maximum absolute atomic E-state index is 11.6. The Morgan fingerprint density at radius 3 is 3.00 bits per heavy atom. The van der Waals surface area contributed by atoms with Crippen LogP contribution in [0.4, 0.5) is 0 Å². The normalized spacial score (nSPS) is 26.0. The van der Waals surface area contributed by atoms with Gasteiger partial charge in [0.15, 0.2) is 0 Å². The lowest BCUT2D eigenvalue weighted by Gasteiger charge is -2.28. The number of nitrogens with zero attached hydrogens (tertiary/aromatic N) is 5. The van der Waals surface area contributed by atoms with Crippen molar-refractivity contribution in [1.29, 1.82) is 0 Å². The molecule has 0 radical (unpaired) electrons. The van der Waals surface area contributed by atoms with E-state index in [1.807, 2.05) is 4.90 Å². The molecule has 0 aromatic carbocycles. The molecule has 0 aliphatic carbocycles. The fourth-order valence-corrected chi connectivity index (χ4v) is 2.54. The summed E-state index contributed by atoms with van der Waals surface area (Å²) in [6, 6.07) is 0.122.